The molecule has 0 amide bonds. The third-order valence-corrected chi connectivity index (χ3v) is 6.39. The van der Waals surface area contributed by atoms with Crippen LogP contribution in [0.1, 0.15) is 21.2 Å². The van der Waals surface area contributed by atoms with Gasteiger partial charge in [0, 0.05) is 0 Å². The number of nitrogens with zero attached hydrogens (tertiary/aromatic N) is 8. The van der Waals surface area contributed by atoms with E-state index >= 15 is 0 Å². The van der Waals surface area contributed by atoms with E-state index in [0.29, 0.717) is 12.1 Å². The molecule has 4 rings (SSSR count). The third kappa shape index (κ3) is 5.25. The number of H-pyrrole nitrogens is 2. The molecule has 0 fully saturated rings. The number of carboxylic acid groups (broad SMARTS) is 2. The molecule has 22 nitrogen and oxygen atoms in total. The topological polar surface area (TPSA) is 356 Å². The highest BCUT2D eigenvalue weighted by Gasteiger charge is 2.29. The molecule has 0 aliphatic rings. The van der Waals surface area contributed by atoms with Gasteiger partial charge in [0.25, 0.3) is 32.1 Å². The van der Waals surface area contributed by atoms with E-state index in [1.54, 1.807) is 0 Å². The number of phenolic OH excluding ortho intramolecular Hbond substituents is 2. The summed E-state index contributed by atoms with van der Waals surface area (Å²) in [6.45, 7) is 0. The SMILES string of the molecule is O=C(O)c1nnc(/N=N/c2c(S(=O)(=O)O)cc3cc(S(=O)(=O)O)c(/N=N/c4nnc(C(=O)O)[nH]4)c(O)c3c2O)[nH]1. The lowest BCUT2D eigenvalue weighted by Gasteiger charge is -2.13. The number of carbonyl (C=O) groups is 2. The Morgan fingerprint density at radius 2 is 1.05 bits per heavy atom. The van der Waals surface area contributed by atoms with Crippen molar-refractivity contribution in [2.24, 2.45) is 20.5 Å². The maximum absolute atomic E-state index is 12.0. The monoisotopic (exact) mass is 598 g/mol. The Balaban J connectivity index is 1.98. The first-order valence-corrected chi connectivity index (χ1v) is 12.6. The number of fused-ring (bicyclic) bond motifs is 1. The number of aromatic carboxylic acids is 2. The molecule has 0 bridgehead atoms. The number of benzene rings is 2. The molecule has 0 spiro atoms. The van der Waals surface area contributed by atoms with Crippen LogP contribution in [0.5, 0.6) is 11.5 Å². The van der Waals surface area contributed by atoms with E-state index in [4.69, 9.17) is 10.2 Å². The summed E-state index contributed by atoms with van der Waals surface area (Å²) in [4.78, 5) is 23.7. The summed E-state index contributed by atoms with van der Waals surface area (Å²) in [5.41, 5.74) is -2.08. The van der Waals surface area contributed by atoms with Gasteiger partial charge in [0.15, 0.2) is 11.5 Å². The largest absolute Gasteiger partial charge is 0.505 e. The van der Waals surface area contributed by atoms with E-state index in [1.165, 1.54) is 0 Å². The normalized spacial score (nSPS) is 12.6. The number of rotatable bonds is 8. The highest BCUT2D eigenvalue weighted by atomic mass is 32.2. The Morgan fingerprint density at radius 3 is 1.35 bits per heavy atom. The molecule has 208 valence electrons. The molecule has 0 atom stereocenters. The van der Waals surface area contributed by atoms with Gasteiger partial charge < -0.3 is 20.4 Å². The molecular formula is C16H10N10O12S2. The van der Waals surface area contributed by atoms with Crippen LogP contribution < -0.4 is 0 Å². The Kier molecular flexibility index (Phi) is 6.68. The smallest absolute Gasteiger partial charge is 0.373 e. The number of aromatic nitrogens is 6. The number of aromatic amines is 2. The Bertz CT molecular complexity index is 1860. The second-order valence-electron chi connectivity index (χ2n) is 7.20. The zero-order valence-corrected chi connectivity index (χ0v) is 20.3. The van der Waals surface area contributed by atoms with E-state index in [9.17, 15) is 45.7 Å². The summed E-state index contributed by atoms with van der Waals surface area (Å²) in [5, 5.41) is 64.7. The van der Waals surface area contributed by atoms with E-state index < -0.39 is 99.2 Å². The molecule has 0 unspecified atom stereocenters. The Hall–Kier alpha value is -5.46. The molecule has 0 saturated carbocycles. The first kappa shape index (κ1) is 27.6. The number of phenols is 2. The van der Waals surface area contributed by atoms with Crippen molar-refractivity contribution < 1.29 is 56.0 Å². The number of carboxylic acids is 2. The van der Waals surface area contributed by atoms with Gasteiger partial charge >= 0.3 is 11.9 Å². The predicted molar refractivity (Wildman–Crippen MR) is 122 cm³/mol. The summed E-state index contributed by atoms with van der Waals surface area (Å²) in [6, 6.07) is 1.10. The van der Waals surface area contributed by atoms with Crippen molar-refractivity contribution in [1.82, 2.24) is 30.4 Å². The Morgan fingerprint density at radius 1 is 0.675 bits per heavy atom. The highest BCUT2D eigenvalue weighted by molar-refractivity contribution is 7.86. The molecule has 0 aliphatic carbocycles. The van der Waals surface area contributed by atoms with Gasteiger partial charge in [-0.2, -0.15) is 16.8 Å². The minimum absolute atomic E-state index is 0.548. The molecule has 4 aromatic rings. The minimum Gasteiger partial charge on any atom is -0.505 e. The maximum atomic E-state index is 12.0. The van der Waals surface area contributed by atoms with Gasteiger partial charge in [-0.3, -0.25) is 19.1 Å². The minimum atomic E-state index is -5.24. The number of hydrogen-bond donors (Lipinski definition) is 8. The van der Waals surface area contributed by atoms with Crippen molar-refractivity contribution in [3.05, 3.63) is 23.8 Å². The summed E-state index contributed by atoms with van der Waals surface area (Å²) < 4.78 is 67.3. The van der Waals surface area contributed by atoms with Gasteiger partial charge in [0.05, 0.1) is 5.39 Å². The van der Waals surface area contributed by atoms with Gasteiger partial charge in [-0.15, -0.1) is 40.9 Å². The molecule has 0 saturated heterocycles. The highest BCUT2D eigenvalue weighted by Crippen LogP contribution is 2.49. The van der Waals surface area contributed by atoms with E-state index in [0.717, 1.165) is 0 Å². The zero-order valence-electron chi connectivity index (χ0n) is 18.7. The first-order valence-electron chi connectivity index (χ1n) is 9.74. The van der Waals surface area contributed by atoms with Gasteiger partial charge in [-0.05, 0) is 17.5 Å². The van der Waals surface area contributed by atoms with Crippen LogP contribution in [0.15, 0.2) is 42.4 Å². The maximum Gasteiger partial charge on any atom is 0.373 e. The van der Waals surface area contributed by atoms with Crippen LogP contribution in [-0.4, -0.2) is 88.7 Å². The first-order chi connectivity index (χ1) is 18.6. The van der Waals surface area contributed by atoms with Crippen molar-refractivity contribution >= 4 is 66.2 Å². The standard InChI is InChI=1S/C16H10N10O12S2/c27-9-6-3(1-4(39(33,34)35)7(9)19-23-15-17-11(13(29)30)21-25-15)2-5(40(36,37)38)8(10(6)28)20-24-16-18-12(14(31)32)22-26-16/h1-2,27-28H,(H,29,30)(H,31,32)(H,17,21,25)(H,18,22,26)(H,33,34,35)(H,36,37,38)/b23-19+,24-20+. The van der Waals surface area contributed by atoms with Crippen LogP contribution in [0.25, 0.3) is 10.8 Å². The number of hydrogen-bond acceptors (Lipinski definition) is 16. The molecule has 0 aliphatic heterocycles. The second kappa shape index (κ2) is 9.69. The average molecular weight is 598 g/mol. The van der Waals surface area contributed by atoms with E-state index in [1.807, 2.05) is 0 Å². The molecule has 0 radical (unpaired) electrons. The molecule has 8 N–H and O–H groups in total. The van der Waals surface area contributed by atoms with Crippen molar-refractivity contribution in [3.8, 4) is 11.5 Å². The molecular weight excluding hydrogens is 588 g/mol. The number of aromatic hydroxyl groups is 2. The van der Waals surface area contributed by atoms with Gasteiger partial charge in [0.1, 0.15) is 21.2 Å². The fraction of sp³-hybridized carbons (Fsp3) is 0. The lowest BCUT2D eigenvalue weighted by atomic mass is 10.1. The van der Waals surface area contributed by atoms with Gasteiger partial charge in [-0.1, -0.05) is 0 Å². The summed E-state index contributed by atoms with van der Waals surface area (Å²) >= 11 is 0. The summed E-state index contributed by atoms with van der Waals surface area (Å²) in [5.74, 6) is -8.07. The van der Waals surface area contributed by atoms with Gasteiger partial charge in [-0.25, -0.2) is 9.59 Å². The van der Waals surface area contributed by atoms with Crippen molar-refractivity contribution in [2.45, 2.75) is 9.79 Å². The van der Waals surface area contributed by atoms with Crippen LogP contribution in [0.2, 0.25) is 0 Å². The summed E-state index contributed by atoms with van der Waals surface area (Å²) in [6.07, 6.45) is 0. The van der Waals surface area contributed by atoms with E-state index in [2.05, 4.69) is 50.8 Å². The van der Waals surface area contributed by atoms with Crippen LogP contribution in [0.3, 0.4) is 0 Å². The van der Waals surface area contributed by atoms with Gasteiger partial charge in [0.2, 0.25) is 11.6 Å². The fourth-order valence-electron chi connectivity index (χ4n) is 3.03. The number of azo groups is 2. The fourth-order valence-corrected chi connectivity index (χ4v) is 4.35. The summed E-state index contributed by atoms with van der Waals surface area (Å²) in [7, 11) is -10.5. The Labute approximate surface area is 218 Å². The van der Waals surface area contributed by atoms with E-state index in [-0.39, 0.29) is 0 Å². The molecule has 2 heterocycles. The van der Waals surface area contributed by atoms with Crippen molar-refractivity contribution in [2.75, 3.05) is 0 Å². The third-order valence-electron chi connectivity index (χ3n) is 4.65. The van der Waals surface area contributed by atoms with Crippen LogP contribution in [0.4, 0.5) is 23.3 Å². The molecule has 24 heteroatoms. The molecule has 2 aromatic heterocycles. The van der Waals surface area contributed by atoms with Crippen molar-refractivity contribution in [1.29, 1.82) is 0 Å². The second-order valence-corrected chi connectivity index (χ2v) is 9.98. The van der Waals surface area contributed by atoms with Crippen LogP contribution >= 0.6 is 0 Å². The number of nitrogens with one attached hydrogen (secondary N) is 2. The van der Waals surface area contributed by atoms with Crippen molar-refractivity contribution in [3.63, 3.8) is 0 Å². The quantitative estimate of drug-likeness (QED) is 0.104. The molecule has 2 aromatic carbocycles. The lowest BCUT2D eigenvalue weighted by Crippen LogP contribution is -2.01. The van der Waals surface area contributed by atoms with Crippen LogP contribution in [0, 0.1) is 0 Å². The van der Waals surface area contributed by atoms with Crippen LogP contribution in [-0.2, 0) is 20.2 Å². The zero-order chi connectivity index (χ0) is 29.6. The lowest BCUT2D eigenvalue weighted by molar-refractivity contribution is 0.0673. The predicted octanol–water partition coefficient (Wildman–Crippen LogP) is 1.21. The molecule has 40 heavy (non-hydrogen) atoms. The average Bonchev–Trinajstić information content (AvgIpc) is 3.51.